The van der Waals surface area contributed by atoms with E-state index in [0.29, 0.717) is 27.0 Å². The largest absolute Gasteiger partial charge is 0.457 e. The third kappa shape index (κ3) is 5.59. The first-order valence-electron chi connectivity index (χ1n) is 8.62. The Labute approximate surface area is 173 Å². The minimum atomic E-state index is -0.268. The van der Waals surface area contributed by atoms with Gasteiger partial charge in [-0.15, -0.1) is 0 Å². The molecular weight excluding hydrogens is 397 g/mol. The van der Waals surface area contributed by atoms with E-state index in [1.165, 1.54) is 0 Å². The molecule has 0 spiro atoms. The Hall–Kier alpha value is -2.82. The summed E-state index contributed by atoms with van der Waals surface area (Å²) in [5.41, 5.74) is 1.07. The van der Waals surface area contributed by atoms with Crippen molar-refractivity contribution in [1.29, 1.82) is 0 Å². The molecule has 0 bridgehead atoms. The van der Waals surface area contributed by atoms with Crippen LogP contribution in [0.2, 0.25) is 10.0 Å². The van der Waals surface area contributed by atoms with E-state index in [1.54, 1.807) is 42.5 Å². The summed E-state index contributed by atoms with van der Waals surface area (Å²) in [6.07, 6.45) is 0.174. The maximum absolute atomic E-state index is 12.3. The number of para-hydroxylation sites is 1. The molecule has 0 aromatic heterocycles. The molecule has 4 nitrogen and oxygen atoms in total. The number of anilines is 1. The molecule has 6 heteroatoms. The average Bonchev–Trinajstić information content (AvgIpc) is 2.70. The van der Waals surface area contributed by atoms with Gasteiger partial charge < -0.3 is 10.1 Å². The van der Waals surface area contributed by atoms with Gasteiger partial charge in [-0.05, 0) is 54.6 Å². The number of nitrogens with one attached hydrogen (secondary N) is 1. The Kier molecular flexibility index (Phi) is 6.69. The van der Waals surface area contributed by atoms with Crippen LogP contribution in [0.4, 0.5) is 5.69 Å². The Balaban J connectivity index is 1.51. The van der Waals surface area contributed by atoms with Gasteiger partial charge in [-0.1, -0.05) is 41.4 Å². The standard InChI is InChI=1S/C22H17Cl2NO3/c23-19-11-8-16(14-20(19)24)25-22(27)13-12-21(26)15-6-9-18(10-7-15)28-17-4-2-1-3-5-17/h1-11,14H,12-13H2,(H,25,27). The van der Waals surface area contributed by atoms with Gasteiger partial charge in [0.25, 0.3) is 0 Å². The van der Waals surface area contributed by atoms with E-state index in [1.807, 2.05) is 30.3 Å². The number of benzene rings is 3. The summed E-state index contributed by atoms with van der Waals surface area (Å²) < 4.78 is 5.70. The predicted octanol–water partition coefficient (Wildman–Crippen LogP) is 6.39. The minimum absolute atomic E-state index is 0.0708. The van der Waals surface area contributed by atoms with Crippen LogP contribution in [0.5, 0.6) is 11.5 Å². The molecule has 1 amide bonds. The van der Waals surface area contributed by atoms with Crippen LogP contribution in [0.1, 0.15) is 23.2 Å². The number of amides is 1. The Morgan fingerprint density at radius 1 is 0.786 bits per heavy atom. The maximum atomic E-state index is 12.3. The van der Waals surface area contributed by atoms with Crippen molar-refractivity contribution in [3.05, 3.63) is 88.4 Å². The molecule has 0 fully saturated rings. The molecule has 0 aliphatic heterocycles. The van der Waals surface area contributed by atoms with E-state index in [9.17, 15) is 9.59 Å². The molecule has 142 valence electrons. The van der Waals surface area contributed by atoms with Gasteiger partial charge in [-0.2, -0.15) is 0 Å². The van der Waals surface area contributed by atoms with Gasteiger partial charge in [0.2, 0.25) is 5.91 Å². The van der Waals surface area contributed by atoms with Crippen molar-refractivity contribution < 1.29 is 14.3 Å². The molecule has 1 N–H and O–H groups in total. The lowest BCUT2D eigenvalue weighted by Gasteiger charge is -2.07. The van der Waals surface area contributed by atoms with Crippen LogP contribution in [-0.2, 0) is 4.79 Å². The van der Waals surface area contributed by atoms with Crippen molar-refractivity contribution in [2.24, 2.45) is 0 Å². The molecule has 0 aliphatic rings. The second kappa shape index (κ2) is 9.40. The Morgan fingerprint density at radius 2 is 1.46 bits per heavy atom. The lowest BCUT2D eigenvalue weighted by molar-refractivity contribution is -0.116. The molecule has 3 aromatic carbocycles. The molecule has 0 radical (unpaired) electrons. The van der Waals surface area contributed by atoms with Crippen LogP contribution >= 0.6 is 23.2 Å². The van der Waals surface area contributed by atoms with Gasteiger partial charge >= 0.3 is 0 Å². The normalized spacial score (nSPS) is 10.4. The van der Waals surface area contributed by atoms with E-state index in [4.69, 9.17) is 27.9 Å². The number of Topliss-reactive ketones (excluding diaryl/α,β-unsaturated/α-hetero) is 1. The molecule has 0 saturated carbocycles. The topological polar surface area (TPSA) is 55.4 Å². The molecular formula is C22H17Cl2NO3. The van der Waals surface area contributed by atoms with E-state index < -0.39 is 0 Å². The summed E-state index contributed by atoms with van der Waals surface area (Å²) in [6.45, 7) is 0. The zero-order chi connectivity index (χ0) is 19.9. The number of hydrogen-bond donors (Lipinski definition) is 1. The van der Waals surface area contributed by atoms with Crippen molar-refractivity contribution >= 4 is 40.6 Å². The number of halogens is 2. The van der Waals surface area contributed by atoms with E-state index in [-0.39, 0.29) is 24.5 Å². The summed E-state index contributed by atoms with van der Waals surface area (Å²) in [6, 6.07) is 21.1. The van der Waals surface area contributed by atoms with Crippen molar-refractivity contribution in [3.63, 3.8) is 0 Å². The maximum Gasteiger partial charge on any atom is 0.224 e. The molecule has 3 rings (SSSR count). The summed E-state index contributed by atoms with van der Waals surface area (Å²) in [5, 5.41) is 3.47. The Morgan fingerprint density at radius 3 is 2.14 bits per heavy atom. The number of carbonyl (C=O) groups excluding carboxylic acids is 2. The monoisotopic (exact) mass is 413 g/mol. The average molecular weight is 414 g/mol. The van der Waals surface area contributed by atoms with E-state index in [0.717, 1.165) is 5.75 Å². The second-order valence-electron chi connectivity index (χ2n) is 6.04. The lowest BCUT2D eigenvalue weighted by Crippen LogP contribution is -2.13. The van der Waals surface area contributed by atoms with E-state index >= 15 is 0 Å². The third-order valence-corrected chi connectivity index (χ3v) is 4.68. The van der Waals surface area contributed by atoms with Gasteiger partial charge in [0.15, 0.2) is 5.78 Å². The number of carbonyl (C=O) groups is 2. The highest BCUT2D eigenvalue weighted by Gasteiger charge is 2.11. The predicted molar refractivity (Wildman–Crippen MR) is 112 cm³/mol. The first-order chi connectivity index (χ1) is 13.5. The molecule has 28 heavy (non-hydrogen) atoms. The molecule has 0 aliphatic carbocycles. The lowest BCUT2D eigenvalue weighted by atomic mass is 10.1. The first kappa shape index (κ1) is 19.9. The van der Waals surface area contributed by atoms with Crippen LogP contribution in [0.15, 0.2) is 72.8 Å². The van der Waals surface area contributed by atoms with Gasteiger partial charge in [0.1, 0.15) is 11.5 Å². The highest BCUT2D eigenvalue weighted by atomic mass is 35.5. The molecule has 0 heterocycles. The molecule has 0 atom stereocenters. The van der Waals surface area contributed by atoms with Gasteiger partial charge in [-0.25, -0.2) is 0 Å². The van der Waals surface area contributed by atoms with Crippen molar-refractivity contribution in [2.75, 3.05) is 5.32 Å². The van der Waals surface area contributed by atoms with Crippen molar-refractivity contribution in [3.8, 4) is 11.5 Å². The summed E-state index contributed by atoms with van der Waals surface area (Å²) >= 11 is 11.8. The number of hydrogen-bond acceptors (Lipinski definition) is 3. The van der Waals surface area contributed by atoms with Crippen LogP contribution in [0, 0.1) is 0 Å². The quantitative estimate of drug-likeness (QED) is 0.456. The first-order valence-corrected chi connectivity index (χ1v) is 9.38. The number of ether oxygens (including phenoxy) is 1. The van der Waals surface area contributed by atoms with Crippen molar-refractivity contribution in [2.45, 2.75) is 12.8 Å². The van der Waals surface area contributed by atoms with Crippen LogP contribution < -0.4 is 10.1 Å². The highest BCUT2D eigenvalue weighted by molar-refractivity contribution is 6.42. The van der Waals surface area contributed by atoms with Gasteiger partial charge in [-0.3, -0.25) is 9.59 Å². The number of rotatable bonds is 7. The SMILES string of the molecule is O=C(CCC(=O)c1ccc(Oc2ccccc2)cc1)Nc1ccc(Cl)c(Cl)c1. The second-order valence-corrected chi connectivity index (χ2v) is 6.85. The minimum Gasteiger partial charge on any atom is -0.457 e. The third-order valence-electron chi connectivity index (χ3n) is 3.94. The van der Waals surface area contributed by atoms with Crippen LogP contribution in [0.25, 0.3) is 0 Å². The van der Waals surface area contributed by atoms with Crippen LogP contribution in [0.3, 0.4) is 0 Å². The smallest absolute Gasteiger partial charge is 0.224 e. The zero-order valence-corrected chi connectivity index (χ0v) is 16.3. The number of ketones is 1. The summed E-state index contributed by atoms with van der Waals surface area (Å²) in [4.78, 5) is 24.4. The summed E-state index contributed by atoms with van der Waals surface area (Å²) in [7, 11) is 0. The fourth-order valence-corrected chi connectivity index (χ4v) is 2.80. The fraction of sp³-hybridized carbons (Fsp3) is 0.0909. The van der Waals surface area contributed by atoms with E-state index in [2.05, 4.69) is 5.32 Å². The molecule has 0 unspecified atom stereocenters. The molecule has 3 aromatic rings. The summed E-state index contributed by atoms with van der Waals surface area (Å²) in [5.74, 6) is 0.979. The fourth-order valence-electron chi connectivity index (χ4n) is 2.50. The van der Waals surface area contributed by atoms with Gasteiger partial charge in [0.05, 0.1) is 10.0 Å². The van der Waals surface area contributed by atoms with Crippen LogP contribution in [-0.4, -0.2) is 11.7 Å². The van der Waals surface area contributed by atoms with Crippen molar-refractivity contribution in [1.82, 2.24) is 0 Å². The highest BCUT2D eigenvalue weighted by Crippen LogP contribution is 2.25. The zero-order valence-electron chi connectivity index (χ0n) is 14.8. The Bertz CT molecular complexity index is 973. The molecule has 0 saturated heterocycles. The van der Waals surface area contributed by atoms with Gasteiger partial charge in [0, 0.05) is 24.1 Å².